The molecule has 8 heteroatoms. The van der Waals surface area contributed by atoms with Crippen molar-refractivity contribution in [2.45, 2.75) is 12.2 Å². The Kier molecular flexibility index (Phi) is 3.67. The third kappa shape index (κ3) is 2.94. The largest absolute Gasteiger partial charge is 0.465 e. The van der Waals surface area contributed by atoms with Crippen molar-refractivity contribution in [3.63, 3.8) is 0 Å². The molecule has 0 spiro atoms. The number of amides is 1. The molecule has 1 aliphatic rings. The molecule has 0 fully saturated rings. The van der Waals surface area contributed by atoms with Crippen LogP contribution in [-0.4, -0.2) is 34.9 Å². The van der Waals surface area contributed by atoms with Crippen molar-refractivity contribution in [3.05, 3.63) is 0 Å². The van der Waals surface area contributed by atoms with Crippen LogP contribution in [0.4, 0.5) is 0 Å². The van der Waals surface area contributed by atoms with Gasteiger partial charge in [0.15, 0.2) is 16.4 Å². The zero-order valence-corrected chi connectivity index (χ0v) is 8.78. The Morgan fingerprint density at radius 1 is 1.67 bits per heavy atom. The number of ether oxygens (including phenoxy) is 1. The summed E-state index contributed by atoms with van der Waals surface area (Å²) in [6.07, 6.45) is 0. The molecule has 0 aromatic carbocycles. The molecule has 7 nitrogen and oxygen atoms in total. The van der Waals surface area contributed by atoms with E-state index in [2.05, 4.69) is 14.7 Å². The molecule has 1 aliphatic heterocycles. The third-order valence-corrected chi connectivity index (χ3v) is 2.40. The van der Waals surface area contributed by atoms with E-state index < -0.39 is 17.1 Å². The van der Waals surface area contributed by atoms with Crippen LogP contribution in [0.2, 0.25) is 0 Å². The Balaban J connectivity index is 2.67. The lowest BCUT2D eigenvalue weighted by molar-refractivity contribution is -0.144. The van der Waals surface area contributed by atoms with Gasteiger partial charge in [0.25, 0.3) is 5.91 Å². The van der Waals surface area contributed by atoms with Gasteiger partial charge in [-0.3, -0.25) is 9.59 Å². The number of carbonyl (C=O) groups is 2. The van der Waals surface area contributed by atoms with E-state index in [1.807, 2.05) is 0 Å². The Labute approximate surface area is 90.0 Å². The summed E-state index contributed by atoms with van der Waals surface area (Å²) in [6, 6.07) is 0. The predicted octanol–water partition coefficient (Wildman–Crippen LogP) is -1.18. The number of amidine groups is 1. The molecule has 0 radical (unpaired) electrons. The monoisotopic (exact) mass is 230 g/mol. The van der Waals surface area contributed by atoms with E-state index in [1.165, 1.54) is 0 Å². The van der Waals surface area contributed by atoms with E-state index in [0.29, 0.717) is 0 Å². The number of hydrogen-bond acceptors (Lipinski definition) is 5. The summed E-state index contributed by atoms with van der Waals surface area (Å²) in [4.78, 5) is 29.5. The fourth-order valence-corrected chi connectivity index (χ4v) is 1.69. The number of thioether (sulfide) groups is 1. The summed E-state index contributed by atoms with van der Waals surface area (Å²) in [5.41, 5.74) is 10.2. The molecular weight excluding hydrogens is 220 g/mol. The lowest BCUT2D eigenvalue weighted by atomic mass is 10.4. The van der Waals surface area contributed by atoms with Gasteiger partial charge in [0.05, 0.1) is 6.61 Å². The van der Waals surface area contributed by atoms with Gasteiger partial charge < -0.3 is 16.2 Å². The van der Waals surface area contributed by atoms with Gasteiger partial charge in [-0.05, 0) is 6.92 Å². The van der Waals surface area contributed by atoms with Gasteiger partial charge in [-0.25, -0.2) is 0 Å². The summed E-state index contributed by atoms with van der Waals surface area (Å²) in [7, 11) is 0. The number of carbonyl (C=O) groups excluding carboxylic acids is 2. The summed E-state index contributed by atoms with van der Waals surface area (Å²) in [5, 5.41) is -0.902. The van der Waals surface area contributed by atoms with Crippen molar-refractivity contribution in [2.24, 2.45) is 21.5 Å². The summed E-state index contributed by atoms with van der Waals surface area (Å²) >= 11 is 0.874. The van der Waals surface area contributed by atoms with E-state index in [4.69, 9.17) is 11.5 Å². The molecule has 0 saturated carbocycles. The van der Waals surface area contributed by atoms with Crippen LogP contribution in [0.15, 0.2) is 9.98 Å². The molecule has 1 amide bonds. The Bertz CT molecular complexity index is 348. The normalized spacial score (nSPS) is 19.7. The maximum atomic E-state index is 11.2. The van der Waals surface area contributed by atoms with E-state index in [0.717, 1.165) is 11.8 Å². The van der Waals surface area contributed by atoms with Crippen LogP contribution in [-0.2, 0) is 14.3 Å². The molecule has 0 bridgehead atoms. The van der Waals surface area contributed by atoms with Crippen molar-refractivity contribution < 1.29 is 14.3 Å². The first kappa shape index (κ1) is 11.5. The zero-order valence-electron chi connectivity index (χ0n) is 7.97. The molecule has 4 N–H and O–H groups in total. The second-order valence-electron chi connectivity index (χ2n) is 2.52. The third-order valence-electron chi connectivity index (χ3n) is 1.38. The second kappa shape index (κ2) is 4.78. The average molecular weight is 230 g/mol. The highest BCUT2D eigenvalue weighted by molar-refractivity contribution is 8.16. The average Bonchev–Trinajstić information content (AvgIpc) is 2.46. The molecule has 0 aromatic heterocycles. The molecule has 82 valence electrons. The molecule has 1 unspecified atom stereocenters. The quantitative estimate of drug-likeness (QED) is 0.266. The smallest absolute Gasteiger partial charge is 0.329 e. The Hall–Kier alpha value is -1.57. The van der Waals surface area contributed by atoms with Crippen LogP contribution in [0.3, 0.4) is 0 Å². The minimum absolute atomic E-state index is 0.0815. The van der Waals surface area contributed by atoms with Gasteiger partial charge in [-0.2, -0.15) is 9.98 Å². The fraction of sp³-hybridized carbons (Fsp3) is 0.429. The topological polar surface area (TPSA) is 120 Å². The number of rotatable bonds is 2. The highest BCUT2D eigenvalue weighted by Gasteiger charge is 2.35. The highest BCUT2D eigenvalue weighted by atomic mass is 32.2. The SMILES string of the molecule is CCOC(=O)C1SC(N=C(N)N)=NC1=O. The van der Waals surface area contributed by atoms with Crippen LogP contribution in [0.5, 0.6) is 0 Å². The summed E-state index contributed by atoms with van der Waals surface area (Å²) in [5.74, 6) is -1.44. The van der Waals surface area contributed by atoms with E-state index >= 15 is 0 Å². The summed E-state index contributed by atoms with van der Waals surface area (Å²) in [6.45, 7) is 1.86. The zero-order chi connectivity index (χ0) is 11.4. The van der Waals surface area contributed by atoms with Crippen LogP contribution in [0, 0.1) is 0 Å². The fourth-order valence-electron chi connectivity index (χ4n) is 0.864. The van der Waals surface area contributed by atoms with Crippen molar-refractivity contribution in [2.75, 3.05) is 6.61 Å². The van der Waals surface area contributed by atoms with E-state index in [9.17, 15) is 9.59 Å². The van der Waals surface area contributed by atoms with Gasteiger partial charge in [0, 0.05) is 0 Å². The minimum Gasteiger partial charge on any atom is -0.465 e. The first-order chi connectivity index (χ1) is 7.04. The van der Waals surface area contributed by atoms with Crippen molar-refractivity contribution in [1.29, 1.82) is 0 Å². The number of nitrogens with zero attached hydrogens (tertiary/aromatic N) is 2. The van der Waals surface area contributed by atoms with Crippen molar-refractivity contribution >= 4 is 34.8 Å². The molecule has 1 rings (SSSR count). The standard InChI is InChI=1S/C7H10N4O3S/c1-2-14-5(13)3-4(12)10-7(15-3)11-6(8)9/h3H,2H2,1H3,(H4,8,9,10,11,12). The van der Waals surface area contributed by atoms with Crippen LogP contribution in [0.25, 0.3) is 0 Å². The maximum absolute atomic E-state index is 11.2. The molecule has 0 aromatic rings. The lowest BCUT2D eigenvalue weighted by Crippen LogP contribution is -2.25. The molecule has 15 heavy (non-hydrogen) atoms. The first-order valence-corrected chi connectivity index (χ1v) is 4.98. The number of aliphatic imine (C=N–C) groups is 2. The Morgan fingerprint density at radius 2 is 2.33 bits per heavy atom. The number of guanidine groups is 1. The molecule has 1 heterocycles. The van der Waals surface area contributed by atoms with E-state index in [1.54, 1.807) is 6.92 Å². The van der Waals surface area contributed by atoms with Gasteiger partial charge >= 0.3 is 5.97 Å². The molecule has 0 aliphatic carbocycles. The van der Waals surface area contributed by atoms with Gasteiger partial charge in [0.2, 0.25) is 0 Å². The number of esters is 1. The summed E-state index contributed by atoms with van der Waals surface area (Å²) < 4.78 is 4.68. The highest BCUT2D eigenvalue weighted by Crippen LogP contribution is 2.24. The van der Waals surface area contributed by atoms with Crippen LogP contribution >= 0.6 is 11.8 Å². The van der Waals surface area contributed by atoms with Crippen molar-refractivity contribution in [1.82, 2.24) is 0 Å². The van der Waals surface area contributed by atoms with Gasteiger partial charge in [0.1, 0.15) is 0 Å². The van der Waals surface area contributed by atoms with Gasteiger partial charge in [-0.15, -0.1) is 0 Å². The minimum atomic E-state index is -0.983. The second-order valence-corrected chi connectivity index (χ2v) is 3.59. The first-order valence-electron chi connectivity index (χ1n) is 4.10. The predicted molar refractivity (Wildman–Crippen MR) is 56.3 cm³/mol. The lowest BCUT2D eigenvalue weighted by Gasteiger charge is -2.04. The maximum Gasteiger partial charge on any atom is 0.329 e. The number of hydrogen-bond donors (Lipinski definition) is 2. The van der Waals surface area contributed by atoms with Crippen molar-refractivity contribution in [3.8, 4) is 0 Å². The van der Waals surface area contributed by atoms with Crippen LogP contribution in [0.1, 0.15) is 6.92 Å². The van der Waals surface area contributed by atoms with E-state index in [-0.39, 0.29) is 17.7 Å². The molecule has 0 saturated heterocycles. The van der Waals surface area contributed by atoms with Crippen LogP contribution < -0.4 is 11.5 Å². The molecular formula is C7H10N4O3S. The Morgan fingerprint density at radius 3 is 2.87 bits per heavy atom. The van der Waals surface area contributed by atoms with Gasteiger partial charge in [-0.1, -0.05) is 11.8 Å². The molecule has 1 atom stereocenters. The number of nitrogens with two attached hydrogens (primary N) is 2.